The number of rotatable bonds is 4. The highest BCUT2D eigenvalue weighted by molar-refractivity contribution is 7.89. The van der Waals surface area contributed by atoms with Crippen molar-refractivity contribution in [3.63, 3.8) is 0 Å². The highest BCUT2D eigenvalue weighted by Gasteiger charge is 2.30. The van der Waals surface area contributed by atoms with Crippen LogP contribution in [0.15, 0.2) is 29.2 Å². The van der Waals surface area contributed by atoms with Gasteiger partial charge in [0.2, 0.25) is 10.0 Å². The molecule has 134 valence electrons. The molecule has 0 unspecified atom stereocenters. The number of methoxy groups -OCH3 is 2. The largest absolute Gasteiger partial charge is 0.497 e. The third kappa shape index (κ3) is 3.60. The lowest BCUT2D eigenvalue weighted by atomic mass is 10.2. The number of fused-ring (bicyclic) bond motifs is 1. The van der Waals surface area contributed by atoms with Crippen molar-refractivity contribution in [1.82, 2.24) is 9.29 Å². The van der Waals surface area contributed by atoms with Gasteiger partial charge in [0.15, 0.2) is 5.13 Å². The topological polar surface area (TPSA) is 97.8 Å². The van der Waals surface area contributed by atoms with Gasteiger partial charge in [0.25, 0.3) is 0 Å². The van der Waals surface area contributed by atoms with E-state index in [1.165, 1.54) is 42.0 Å². The molecule has 0 atom stereocenters. The van der Waals surface area contributed by atoms with E-state index in [2.05, 4.69) is 15.0 Å². The average molecular weight is 383 g/mol. The lowest BCUT2D eigenvalue weighted by molar-refractivity contribution is 0.187. The summed E-state index contributed by atoms with van der Waals surface area (Å²) in [5.74, 6) is 0.598. The molecule has 0 radical (unpaired) electrons. The number of aromatic nitrogens is 1. The van der Waals surface area contributed by atoms with E-state index in [9.17, 15) is 13.2 Å². The standard InChI is InChI=1S/C15H17N3O5S2/c1-22-10-3-5-11(6-4-10)25(20,21)18-8-7-12-13(9-18)24-14(16-12)17-15(19)23-2/h3-6H,7-9H2,1-2H3,(H,16,17,19). The quantitative estimate of drug-likeness (QED) is 0.868. The SMILES string of the molecule is COC(=O)Nc1nc2c(s1)CN(S(=O)(=O)c1ccc(OC)cc1)CC2. The van der Waals surface area contributed by atoms with Crippen molar-refractivity contribution in [3.8, 4) is 5.75 Å². The van der Waals surface area contributed by atoms with Gasteiger partial charge in [-0.05, 0) is 24.3 Å². The van der Waals surface area contributed by atoms with Crippen LogP contribution in [0.4, 0.5) is 9.93 Å². The number of ether oxygens (including phenoxy) is 2. The first-order valence-electron chi connectivity index (χ1n) is 7.42. The second-order valence-electron chi connectivity index (χ2n) is 5.27. The summed E-state index contributed by atoms with van der Waals surface area (Å²) in [7, 11) is -0.807. The maximum Gasteiger partial charge on any atom is 0.413 e. The summed E-state index contributed by atoms with van der Waals surface area (Å²) in [6.45, 7) is 0.562. The summed E-state index contributed by atoms with van der Waals surface area (Å²) in [5.41, 5.74) is 0.803. The predicted octanol–water partition coefficient (Wildman–Crippen LogP) is 2.08. The van der Waals surface area contributed by atoms with E-state index in [1.54, 1.807) is 12.1 Å². The number of sulfonamides is 1. The number of carbonyl (C=O) groups excluding carboxylic acids is 1. The van der Waals surface area contributed by atoms with E-state index in [0.717, 1.165) is 10.6 Å². The van der Waals surface area contributed by atoms with Gasteiger partial charge in [-0.2, -0.15) is 4.31 Å². The number of nitrogens with one attached hydrogen (secondary N) is 1. The molecule has 0 spiro atoms. The Morgan fingerprint density at radius 2 is 2.00 bits per heavy atom. The molecule has 25 heavy (non-hydrogen) atoms. The number of hydrogen-bond acceptors (Lipinski definition) is 7. The molecule has 1 aliphatic heterocycles. The van der Waals surface area contributed by atoms with Crippen molar-refractivity contribution in [2.24, 2.45) is 0 Å². The monoisotopic (exact) mass is 383 g/mol. The Kier molecular flexibility index (Phi) is 4.93. The number of anilines is 1. The van der Waals surface area contributed by atoms with Crippen LogP contribution in [0.25, 0.3) is 0 Å². The van der Waals surface area contributed by atoms with E-state index < -0.39 is 16.1 Å². The second-order valence-corrected chi connectivity index (χ2v) is 8.29. The van der Waals surface area contributed by atoms with Crippen molar-refractivity contribution in [3.05, 3.63) is 34.8 Å². The number of hydrogen-bond donors (Lipinski definition) is 1. The summed E-state index contributed by atoms with van der Waals surface area (Å²) in [5, 5.41) is 2.91. The van der Waals surface area contributed by atoms with Crippen LogP contribution in [0, 0.1) is 0 Å². The van der Waals surface area contributed by atoms with Crippen LogP contribution in [-0.2, 0) is 27.7 Å². The fourth-order valence-electron chi connectivity index (χ4n) is 2.47. The van der Waals surface area contributed by atoms with E-state index in [4.69, 9.17) is 4.74 Å². The third-order valence-electron chi connectivity index (χ3n) is 3.79. The van der Waals surface area contributed by atoms with Crippen LogP contribution in [-0.4, -0.2) is 44.6 Å². The van der Waals surface area contributed by atoms with Gasteiger partial charge in [0.05, 0.1) is 31.4 Å². The fraction of sp³-hybridized carbons (Fsp3) is 0.333. The van der Waals surface area contributed by atoms with Gasteiger partial charge in [-0.25, -0.2) is 18.2 Å². The Bertz CT molecular complexity index is 877. The Balaban J connectivity index is 1.80. The van der Waals surface area contributed by atoms with Gasteiger partial charge in [-0.1, -0.05) is 11.3 Å². The molecule has 10 heteroatoms. The smallest absolute Gasteiger partial charge is 0.413 e. The Morgan fingerprint density at radius 1 is 1.28 bits per heavy atom. The molecule has 2 aromatic rings. The van der Waals surface area contributed by atoms with Gasteiger partial charge in [-0.3, -0.25) is 5.32 Å². The molecule has 0 saturated carbocycles. The first kappa shape index (κ1) is 17.6. The Hall–Kier alpha value is -2.17. The van der Waals surface area contributed by atoms with Crippen LogP contribution in [0.2, 0.25) is 0 Å². The zero-order valence-electron chi connectivity index (χ0n) is 13.7. The molecule has 0 fully saturated rings. The summed E-state index contributed by atoms with van der Waals surface area (Å²) in [4.78, 5) is 16.6. The number of amides is 1. The lowest BCUT2D eigenvalue weighted by Crippen LogP contribution is -2.35. The Morgan fingerprint density at radius 3 is 2.64 bits per heavy atom. The van der Waals surface area contributed by atoms with Crippen molar-refractivity contribution >= 4 is 32.6 Å². The summed E-state index contributed by atoms with van der Waals surface area (Å²) < 4.78 is 36.6. The highest BCUT2D eigenvalue weighted by atomic mass is 32.2. The van der Waals surface area contributed by atoms with Crippen LogP contribution in [0.1, 0.15) is 10.6 Å². The summed E-state index contributed by atoms with van der Waals surface area (Å²) >= 11 is 1.25. The second kappa shape index (κ2) is 6.98. The van der Waals surface area contributed by atoms with Gasteiger partial charge in [0.1, 0.15) is 5.75 Å². The fourth-order valence-corrected chi connectivity index (χ4v) is 4.97. The molecule has 1 aliphatic rings. The first-order chi connectivity index (χ1) is 11.9. The van der Waals surface area contributed by atoms with E-state index in [0.29, 0.717) is 23.8 Å². The lowest BCUT2D eigenvalue weighted by Gasteiger charge is -2.25. The third-order valence-corrected chi connectivity index (χ3v) is 6.65. The molecule has 0 saturated heterocycles. The predicted molar refractivity (Wildman–Crippen MR) is 92.4 cm³/mol. The number of nitrogens with zero attached hydrogens (tertiary/aromatic N) is 2. The summed E-state index contributed by atoms with van der Waals surface area (Å²) in [6, 6.07) is 6.29. The minimum absolute atomic E-state index is 0.217. The summed E-state index contributed by atoms with van der Waals surface area (Å²) in [6.07, 6.45) is -0.113. The van der Waals surface area contributed by atoms with E-state index in [1.807, 2.05) is 0 Å². The minimum Gasteiger partial charge on any atom is -0.497 e. The normalized spacial score (nSPS) is 14.6. The molecule has 8 nitrogen and oxygen atoms in total. The van der Waals surface area contributed by atoms with Crippen LogP contribution >= 0.6 is 11.3 Å². The molecular formula is C15H17N3O5S2. The molecule has 1 aromatic heterocycles. The molecular weight excluding hydrogens is 366 g/mol. The molecule has 0 bridgehead atoms. The van der Waals surface area contributed by atoms with Gasteiger partial charge >= 0.3 is 6.09 Å². The average Bonchev–Trinajstić information content (AvgIpc) is 3.02. The molecule has 2 heterocycles. The van der Waals surface area contributed by atoms with Crippen molar-refractivity contribution < 1.29 is 22.7 Å². The molecule has 1 aromatic carbocycles. The van der Waals surface area contributed by atoms with Crippen LogP contribution in [0.3, 0.4) is 0 Å². The molecule has 3 rings (SSSR count). The molecule has 1 N–H and O–H groups in total. The van der Waals surface area contributed by atoms with Gasteiger partial charge < -0.3 is 9.47 Å². The molecule has 1 amide bonds. The number of benzene rings is 1. The zero-order valence-corrected chi connectivity index (χ0v) is 15.3. The minimum atomic E-state index is -3.60. The number of carbonyl (C=O) groups is 1. The number of thiazole rings is 1. The van der Waals surface area contributed by atoms with Crippen LogP contribution < -0.4 is 10.1 Å². The van der Waals surface area contributed by atoms with E-state index in [-0.39, 0.29) is 11.4 Å². The van der Waals surface area contributed by atoms with Crippen molar-refractivity contribution in [2.75, 3.05) is 26.1 Å². The maximum atomic E-state index is 12.8. The van der Waals surface area contributed by atoms with E-state index >= 15 is 0 Å². The van der Waals surface area contributed by atoms with Gasteiger partial charge in [-0.15, -0.1) is 0 Å². The maximum absolute atomic E-state index is 12.8. The Labute approximate surface area is 149 Å². The highest BCUT2D eigenvalue weighted by Crippen LogP contribution is 2.31. The van der Waals surface area contributed by atoms with Crippen LogP contribution in [0.5, 0.6) is 5.75 Å². The zero-order chi connectivity index (χ0) is 18.0. The van der Waals surface area contributed by atoms with Crippen molar-refractivity contribution in [1.29, 1.82) is 0 Å². The van der Waals surface area contributed by atoms with Crippen molar-refractivity contribution in [2.45, 2.75) is 17.9 Å². The molecule has 0 aliphatic carbocycles. The van der Waals surface area contributed by atoms with Gasteiger partial charge in [0, 0.05) is 17.8 Å². The first-order valence-corrected chi connectivity index (χ1v) is 9.67.